The second kappa shape index (κ2) is 56.8. The molecule has 2 heterocycles. The molecule has 12 atom stereocenters. The number of nitrogens with zero attached hydrogens (tertiary/aromatic N) is 5. The highest BCUT2D eigenvalue weighted by Gasteiger charge is 2.45. The Kier molecular flexibility index (Phi) is 49.7. The van der Waals surface area contributed by atoms with Gasteiger partial charge in [-0.15, -0.1) is 0 Å². The molecule has 2 aliphatic rings. The van der Waals surface area contributed by atoms with Crippen molar-refractivity contribution in [3.63, 3.8) is 0 Å². The molecule has 45 heteroatoms. The van der Waals surface area contributed by atoms with Crippen molar-refractivity contribution in [2.45, 2.75) is 259 Å². The number of nitrogens with one attached hydrogen (secondary N) is 10. The van der Waals surface area contributed by atoms with Gasteiger partial charge in [0.2, 0.25) is 82.7 Å². The van der Waals surface area contributed by atoms with Crippen LogP contribution in [0.15, 0.2) is 15.0 Å². The van der Waals surface area contributed by atoms with E-state index in [0.717, 1.165) is 0 Å². The summed E-state index contributed by atoms with van der Waals surface area (Å²) in [5.74, 6) is -13.8. The van der Waals surface area contributed by atoms with Crippen molar-refractivity contribution in [2.24, 2.45) is 95.2 Å². The standard InChI is InChI=1S/C70H131N29O16/c71-30-6-1-16-42(89-56(103)41(88-55(102)40-76)21-11-35-85-68(79)80)57(104)90-43(17-2-7-31-72)59(106)93-46(22-12-36-86-69(81)82)60(107)94-47(23-13-37-87-70(83)84)61(108)95-48(26-28-53(77)100)63(110)92-44(18-3-8-32-73)58(105)91-45(19-4-9-33-74)62(109)96-49(20-5-10-34-75)65(112)99-39-15-25-52(99)66(113)98-38-14-24-51(98)64(111)97-50(67(114)115)27-29-54(78)101/h41-52H,1-40,71-76H2,(H2,77,100)(H2,78,101)(H,88,102)(H,89,103)(H,90,104)(H,91,105)(H,92,110)(H,93,106)(H,94,107)(H,95,108)(H,96,109)(H,97,111)(H,114,115)(H4,79,80,85)(H4,81,82,86)(H4,83,84,87)/t41-,42-,43-,44-,45-,46-,47-,48-,49-,50-,51-,52-/m0/s1. The highest BCUT2D eigenvalue weighted by molar-refractivity contribution is 6.00. The number of carbonyl (C=O) groups excluding carboxylic acids is 14. The van der Waals surface area contributed by atoms with E-state index in [0.29, 0.717) is 57.8 Å². The van der Waals surface area contributed by atoms with E-state index in [4.69, 9.17) is 80.3 Å². The molecule has 45 nitrogen and oxygen atoms in total. The van der Waals surface area contributed by atoms with E-state index < -0.39 is 181 Å². The van der Waals surface area contributed by atoms with Crippen molar-refractivity contribution in [3.05, 3.63) is 0 Å². The van der Waals surface area contributed by atoms with Crippen LogP contribution in [-0.2, 0) is 71.9 Å². The Labute approximate surface area is 670 Å². The number of unbranched alkanes of at least 4 members (excludes halogenated alkanes) is 5. The number of carbonyl (C=O) groups is 15. The monoisotopic (exact) mass is 1630 g/mol. The zero-order valence-corrected chi connectivity index (χ0v) is 66.1. The average Bonchev–Trinajstić information content (AvgIpc) is 1.70. The molecule has 0 bridgehead atoms. The van der Waals surface area contributed by atoms with Crippen LogP contribution in [0.1, 0.15) is 186 Å². The van der Waals surface area contributed by atoms with Crippen LogP contribution in [0, 0.1) is 0 Å². The van der Waals surface area contributed by atoms with Crippen molar-refractivity contribution >= 4 is 107 Å². The Balaban J connectivity index is 2.65. The number of likely N-dealkylation sites (tertiary alicyclic amines) is 2. The molecule has 0 spiro atoms. The largest absolute Gasteiger partial charge is 0.480 e. The normalized spacial score (nSPS) is 16.3. The Bertz CT molecular complexity index is 3230. The maximum atomic E-state index is 14.9. The lowest BCUT2D eigenvalue weighted by Crippen LogP contribution is -2.61. The molecule has 2 aliphatic heterocycles. The number of guanidine groups is 3. The smallest absolute Gasteiger partial charge is 0.326 e. The first-order valence-electron chi connectivity index (χ1n) is 39.6. The van der Waals surface area contributed by atoms with Gasteiger partial charge in [0.25, 0.3) is 0 Å². The summed E-state index contributed by atoms with van der Waals surface area (Å²) >= 11 is 0. The van der Waals surface area contributed by atoms with E-state index in [-0.39, 0.29) is 199 Å². The maximum Gasteiger partial charge on any atom is 0.326 e. The molecule has 0 aromatic carbocycles. The number of carboxylic acid groups (broad SMARTS) is 1. The number of aliphatic carboxylic acids is 1. The van der Waals surface area contributed by atoms with Crippen LogP contribution >= 0.6 is 0 Å². The summed E-state index contributed by atoms with van der Waals surface area (Å²) in [6.45, 7) is 0.651. The van der Waals surface area contributed by atoms with Gasteiger partial charge in [-0.25, -0.2) is 4.79 Å². The summed E-state index contributed by atoms with van der Waals surface area (Å²) in [6, 6.07) is -16.6. The molecule has 14 amide bonds. The van der Waals surface area contributed by atoms with Crippen LogP contribution in [-0.4, -0.2) is 266 Å². The molecule has 0 aromatic rings. The Morgan fingerprint density at radius 1 is 0.322 bits per heavy atom. The summed E-state index contributed by atoms with van der Waals surface area (Å²) in [5.41, 5.74) is 79.1. The van der Waals surface area contributed by atoms with Gasteiger partial charge in [-0.1, -0.05) is 0 Å². The van der Waals surface area contributed by atoms with Crippen molar-refractivity contribution in [3.8, 4) is 0 Å². The van der Waals surface area contributed by atoms with Gasteiger partial charge >= 0.3 is 5.97 Å². The topological polar surface area (TPSA) is 804 Å². The minimum atomic E-state index is -1.69. The summed E-state index contributed by atoms with van der Waals surface area (Å²) in [4.78, 5) is 223. The fourth-order valence-electron chi connectivity index (χ4n) is 12.9. The van der Waals surface area contributed by atoms with E-state index in [1.165, 1.54) is 9.80 Å². The van der Waals surface area contributed by atoms with Crippen LogP contribution in [0.3, 0.4) is 0 Å². The molecule has 0 unspecified atom stereocenters. The molecule has 39 N–H and O–H groups in total. The third kappa shape index (κ3) is 40.0. The van der Waals surface area contributed by atoms with E-state index in [1.54, 1.807) is 0 Å². The molecule has 0 aliphatic carbocycles. The van der Waals surface area contributed by atoms with Crippen LogP contribution < -0.4 is 133 Å². The summed E-state index contributed by atoms with van der Waals surface area (Å²) in [7, 11) is 0. The molecule has 2 fully saturated rings. The van der Waals surface area contributed by atoms with E-state index >= 15 is 0 Å². The number of amides is 14. The Morgan fingerprint density at radius 3 is 0.887 bits per heavy atom. The molecule has 2 saturated heterocycles. The zero-order chi connectivity index (χ0) is 86.0. The maximum absolute atomic E-state index is 14.9. The first kappa shape index (κ1) is 101. The third-order valence-corrected chi connectivity index (χ3v) is 19.1. The average molecular weight is 1640 g/mol. The molecular formula is C70H131N29O16. The first-order valence-corrected chi connectivity index (χ1v) is 39.6. The van der Waals surface area contributed by atoms with E-state index in [1.807, 2.05) is 0 Å². The van der Waals surface area contributed by atoms with Crippen LogP contribution in [0.4, 0.5) is 0 Å². The van der Waals surface area contributed by atoms with Crippen molar-refractivity contribution in [1.82, 2.24) is 63.0 Å². The van der Waals surface area contributed by atoms with Crippen LogP contribution in [0.25, 0.3) is 0 Å². The molecule has 115 heavy (non-hydrogen) atoms. The second-order valence-corrected chi connectivity index (χ2v) is 28.4. The quantitative estimate of drug-likeness (QED) is 0.0153. The number of hydrogen-bond acceptors (Lipinski definition) is 24. The van der Waals surface area contributed by atoms with Gasteiger partial charge in [0.15, 0.2) is 17.9 Å². The minimum absolute atomic E-state index is 0.000279. The minimum Gasteiger partial charge on any atom is -0.480 e. The van der Waals surface area contributed by atoms with Crippen LogP contribution in [0.5, 0.6) is 0 Å². The predicted octanol–water partition coefficient (Wildman–Crippen LogP) is -9.80. The number of rotatable bonds is 61. The second-order valence-electron chi connectivity index (χ2n) is 28.4. The van der Waals surface area contributed by atoms with E-state index in [2.05, 4.69) is 68.1 Å². The molecular weight excluding hydrogens is 1500 g/mol. The summed E-state index contributed by atoms with van der Waals surface area (Å²) in [5, 5.41) is 36.2. The number of hydrogen-bond donors (Lipinski definition) is 25. The van der Waals surface area contributed by atoms with Crippen molar-refractivity contribution in [1.29, 1.82) is 0 Å². The number of nitrogens with two attached hydrogens (primary N) is 14. The van der Waals surface area contributed by atoms with Crippen molar-refractivity contribution < 1.29 is 77.0 Å². The lowest BCUT2D eigenvalue weighted by molar-refractivity contribution is -0.149. The van der Waals surface area contributed by atoms with Gasteiger partial charge in [0.1, 0.15) is 72.5 Å². The lowest BCUT2D eigenvalue weighted by Gasteiger charge is -2.33. The third-order valence-electron chi connectivity index (χ3n) is 19.1. The number of aliphatic imine (C=N–C) groups is 3. The van der Waals surface area contributed by atoms with E-state index in [9.17, 15) is 77.0 Å². The van der Waals surface area contributed by atoms with Gasteiger partial charge in [0.05, 0.1) is 6.54 Å². The highest BCUT2D eigenvalue weighted by Crippen LogP contribution is 2.27. The molecule has 0 aromatic heterocycles. The molecule has 652 valence electrons. The fraction of sp³-hybridized carbons (Fsp3) is 0.743. The molecule has 0 radical (unpaired) electrons. The number of carboxylic acids is 1. The summed E-state index contributed by atoms with van der Waals surface area (Å²) in [6.07, 6.45) is 2.53. The SMILES string of the molecule is NCCCC[C@H](NC(=O)[C@H](CCCN=C(N)N)NC(=O)CN)C(=O)N[C@@H](CCCCN)C(=O)N[C@@H](CCCN=C(N)N)C(=O)N[C@@H](CCCN=C(N)N)C(=O)N[C@@H](CCC(N)=O)C(=O)N[C@@H](CCCCN)C(=O)N[C@@H](CCCCN)C(=O)N[C@@H](CCCCN)C(=O)N1CCC[C@H]1C(=O)N1CCC[C@H]1C(=O)N[C@@H](CCC(N)=O)C(=O)O. The van der Waals surface area contributed by atoms with Gasteiger partial charge in [0, 0.05) is 45.6 Å². The number of primary amides is 2. The lowest BCUT2D eigenvalue weighted by atomic mass is 10.0. The highest BCUT2D eigenvalue weighted by atomic mass is 16.4. The van der Waals surface area contributed by atoms with Gasteiger partial charge in [-0.05, 0) is 206 Å². The molecule has 2 rings (SSSR count). The fourth-order valence-corrected chi connectivity index (χ4v) is 12.9. The van der Waals surface area contributed by atoms with Gasteiger partial charge < -0.3 is 148 Å². The predicted molar refractivity (Wildman–Crippen MR) is 427 cm³/mol. The van der Waals surface area contributed by atoms with Gasteiger partial charge in [-0.3, -0.25) is 82.1 Å². The van der Waals surface area contributed by atoms with Gasteiger partial charge in [-0.2, -0.15) is 0 Å². The molecule has 0 saturated carbocycles. The Morgan fingerprint density at radius 2 is 0.591 bits per heavy atom. The Hall–Kier alpha value is -10.4. The zero-order valence-electron chi connectivity index (χ0n) is 66.1. The first-order chi connectivity index (χ1) is 54.8. The summed E-state index contributed by atoms with van der Waals surface area (Å²) < 4.78 is 0. The van der Waals surface area contributed by atoms with Crippen LogP contribution in [0.2, 0.25) is 0 Å². The van der Waals surface area contributed by atoms with Crippen molar-refractivity contribution in [2.75, 3.05) is 72.0 Å².